The molecule has 0 bridgehead atoms. The second kappa shape index (κ2) is 8.22. The first-order valence-corrected chi connectivity index (χ1v) is 10.3. The molecule has 2 aromatic rings. The highest BCUT2D eigenvalue weighted by atomic mass is 32.1. The van der Waals surface area contributed by atoms with E-state index in [1.54, 1.807) is 18.2 Å². The smallest absolute Gasteiger partial charge is 0.258 e. The lowest BCUT2D eigenvalue weighted by Crippen LogP contribution is -2.29. The quantitative estimate of drug-likeness (QED) is 0.391. The van der Waals surface area contributed by atoms with Crippen molar-refractivity contribution in [2.24, 2.45) is 21.4 Å². The largest absolute Gasteiger partial charge is 0.270 e. The summed E-state index contributed by atoms with van der Waals surface area (Å²) >= 11 is 1.49. The van der Waals surface area contributed by atoms with Crippen LogP contribution in [0.1, 0.15) is 40.0 Å². The van der Waals surface area contributed by atoms with Crippen molar-refractivity contribution < 1.29 is 4.92 Å². The van der Waals surface area contributed by atoms with Crippen molar-refractivity contribution in [3.63, 3.8) is 0 Å². The van der Waals surface area contributed by atoms with Gasteiger partial charge in [-0.1, -0.05) is 39.0 Å². The number of non-ortho nitro benzene ring substituents is 1. The van der Waals surface area contributed by atoms with Gasteiger partial charge in [0.2, 0.25) is 4.80 Å². The maximum atomic E-state index is 11.2. The Labute approximate surface area is 169 Å². The maximum Gasteiger partial charge on any atom is 0.270 e. The second-order valence-electron chi connectivity index (χ2n) is 8.17. The Morgan fingerprint density at radius 2 is 2.25 bits per heavy atom. The van der Waals surface area contributed by atoms with Crippen molar-refractivity contribution in [2.45, 2.75) is 40.0 Å². The molecule has 1 fully saturated rings. The summed E-state index contributed by atoms with van der Waals surface area (Å²) in [5, 5.41) is 18.1. The summed E-state index contributed by atoms with van der Waals surface area (Å²) in [5.41, 5.74) is 3.02. The lowest BCUT2D eigenvalue weighted by atomic mass is 9.72. The highest BCUT2D eigenvalue weighted by Crippen LogP contribution is 2.37. The first kappa shape index (κ1) is 20.2. The predicted octanol–water partition coefficient (Wildman–Crippen LogP) is 5.26. The summed E-state index contributed by atoms with van der Waals surface area (Å²) in [6.45, 7) is 11.1. The van der Waals surface area contributed by atoms with Crippen molar-refractivity contribution in [1.29, 1.82) is 0 Å². The van der Waals surface area contributed by atoms with E-state index in [2.05, 4.69) is 32.3 Å². The van der Waals surface area contributed by atoms with E-state index in [4.69, 9.17) is 5.10 Å². The van der Waals surface area contributed by atoms with Crippen LogP contribution >= 0.6 is 11.3 Å². The van der Waals surface area contributed by atoms with E-state index in [0.29, 0.717) is 12.5 Å². The number of benzene rings is 1. The summed E-state index contributed by atoms with van der Waals surface area (Å²) in [6.07, 6.45) is 4.83. The Kier molecular flexibility index (Phi) is 5.93. The van der Waals surface area contributed by atoms with Gasteiger partial charge in [-0.05, 0) is 30.6 Å². The van der Waals surface area contributed by atoms with Crippen LogP contribution in [0, 0.1) is 21.4 Å². The minimum Gasteiger partial charge on any atom is -0.258 e. The van der Waals surface area contributed by atoms with Crippen molar-refractivity contribution in [2.75, 3.05) is 6.54 Å². The highest BCUT2D eigenvalue weighted by Gasteiger charge is 2.30. The van der Waals surface area contributed by atoms with Crippen molar-refractivity contribution in [3.8, 4) is 11.3 Å². The fourth-order valence-electron chi connectivity index (χ4n) is 3.96. The van der Waals surface area contributed by atoms with E-state index in [-0.39, 0.29) is 16.0 Å². The molecule has 0 spiro atoms. The van der Waals surface area contributed by atoms with Gasteiger partial charge in [0, 0.05) is 28.8 Å². The maximum absolute atomic E-state index is 11.2. The molecule has 6 nitrogen and oxygen atoms in total. The van der Waals surface area contributed by atoms with E-state index in [0.717, 1.165) is 34.6 Å². The number of aromatic nitrogens is 1. The molecule has 0 saturated heterocycles. The minimum atomic E-state index is -0.375. The van der Waals surface area contributed by atoms with Crippen LogP contribution in [-0.4, -0.2) is 21.9 Å². The molecular formula is C21H26N4O2S. The summed E-state index contributed by atoms with van der Waals surface area (Å²) < 4.78 is 1.84. The van der Waals surface area contributed by atoms with Gasteiger partial charge in [0.15, 0.2) is 0 Å². The van der Waals surface area contributed by atoms with Gasteiger partial charge in [-0.15, -0.1) is 17.9 Å². The van der Waals surface area contributed by atoms with Crippen LogP contribution in [0.5, 0.6) is 0 Å². The molecule has 1 aromatic heterocycles. The molecule has 1 saturated carbocycles. The molecule has 7 heteroatoms. The Morgan fingerprint density at radius 1 is 1.46 bits per heavy atom. The summed E-state index contributed by atoms with van der Waals surface area (Å²) in [6, 6.07) is 6.66. The fraction of sp³-hybridized carbons (Fsp3) is 0.429. The van der Waals surface area contributed by atoms with E-state index in [1.807, 2.05) is 16.1 Å². The normalized spacial score (nSPS) is 21.0. The van der Waals surface area contributed by atoms with Gasteiger partial charge < -0.3 is 0 Å². The van der Waals surface area contributed by atoms with Crippen molar-refractivity contribution >= 4 is 22.7 Å². The Morgan fingerprint density at radius 3 is 2.93 bits per heavy atom. The molecule has 0 N–H and O–H groups in total. The van der Waals surface area contributed by atoms with Crippen LogP contribution in [-0.2, 0) is 0 Å². The Hall–Kier alpha value is -2.54. The number of rotatable bonds is 5. The lowest BCUT2D eigenvalue weighted by Gasteiger charge is -2.34. The number of hydrogen-bond donors (Lipinski definition) is 0. The van der Waals surface area contributed by atoms with Crippen LogP contribution < -0.4 is 4.80 Å². The molecule has 1 atom stereocenters. The van der Waals surface area contributed by atoms with E-state index >= 15 is 0 Å². The van der Waals surface area contributed by atoms with Crippen LogP contribution in [0.3, 0.4) is 0 Å². The molecule has 0 amide bonds. The molecule has 1 aliphatic rings. The molecule has 1 heterocycles. The Bertz CT molecular complexity index is 984. The van der Waals surface area contributed by atoms with Gasteiger partial charge in [0.05, 0.1) is 17.2 Å². The third-order valence-electron chi connectivity index (χ3n) is 4.80. The third kappa shape index (κ3) is 4.65. The summed E-state index contributed by atoms with van der Waals surface area (Å²) in [5.74, 6) is 0.580. The van der Waals surface area contributed by atoms with Crippen molar-refractivity contribution in [1.82, 2.24) is 4.68 Å². The van der Waals surface area contributed by atoms with Crippen LogP contribution in [0.4, 0.5) is 5.69 Å². The van der Waals surface area contributed by atoms with Crippen LogP contribution in [0.25, 0.3) is 11.3 Å². The zero-order valence-electron chi connectivity index (χ0n) is 16.6. The standard InChI is InChI=1S/C21H26N4O2S/c1-5-9-22-20-24(23-17-10-15(2)12-21(3,4)13-17)19(14-28-20)16-7-6-8-18(11-16)25(26)27/h5-8,11,14-15H,1,9-10,12-13H2,2-4H3. The molecule has 3 rings (SSSR count). The highest BCUT2D eigenvalue weighted by molar-refractivity contribution is 7.07. The first-order valence-electron chi connectivity index (χ1n) is 9.42. The van der Waals surface area contributed by atoms with Crippen LogP contribution in [0.15, 0.2) is 52.4 Å². The molecule has 148 valence electrons. The zero-order valence-corrected chi connectivity index (χ0v) is 17.4. The number of nitrogens with zero attached hydrogens (tertiary/aromatic N) is 4. The number of hydrogen-bond acceptors (Lipinski definition) is 5. The van der Waals surface area contributed by atoms with Gasteiger partial charge >= 0.3 is 0 Å². The number of nitro benzene ring substituents is 1. The third-order valence-corrected chi connectivity index (χ3v) is 5.66. The van der Waals surface area contributed by atoms with Gasteiger partial charge in [-0.3, -0.25) is 15.1 Å². The molecule has 28 heavy (non-hydrogen) atoms. The fourth-order valence-corrected chi connectivity index (χ4v) is 4.80. The Balaban J connectivity index is 2.12. The average molecular weight is 399 g/mol. The average Bonchev–Trinajstić information content (AvgIpc) is 3.00. The van der Waals surface area contributed by atoms with Gasteiger partial charge in [-0.2, -0.15) is 5.10 Å². The molecule has 0 radical (unpaired) electrons. The molecule has 0 aliphatic heterocycles. The molecule has 1 aliphatic carbocycles. The number of nitro groups is 1. The van der Waals surface area contributed by atoms with E-state index < -0.39 is 0 Å². The molecule has 1 unspecified atom stereocenters. The van der Waals surface area contributed by atoms with Crippen LogP contribution in [0.2, 0.25) is 0 Å². The van der Waals surface area contributed by atoms with Crippen molar-refractivity contribution in [3.05, 3.63) is 57.2 Å². The van der Waals surface area contributed by atoms with Gasteiger partial charge in [-0.25, -0.2) is 4.68 Å². The SMILES string of the molecule is C=CCN=c1scc(-c2cccc([N+](=O)[O-])c2)n1N=C1CC(C)CC(C)(C)C1. The van der Waals surface area contributed by atoms with Gasteiger partial charge in [0.25, 0.3) is 5.69 Å². The molecule has 1 aromatic carbocycles. The summed E-state index contributed by atoms with van der Waals surface area (Å²) in [4.78, 5) is 16.2. The molecular weight excluding hydrogens is 372 g/mol. The van der Waals surface area contributed by atoms with E-state index in [1.165, 1.54) is 23.8 Å². The lowest BCUT2D eigenvalue weighted by molar-refractivity contribution is -0.384. The minimum absolute atomic E-state index is 0.0694. The monoisotopic (exact) mass is 398 g/mol. The number of thiazole rings is 1. The zero-order chi connectivity index (χ0) is 20.3. The summed E-state index contributed by atoms with van der Waals surface area (Å²) in [7, 11) is 0. The second-order valence-corrected chi connectivity index (χ2v) is 9.01. The van der Waals surface area contributed by atoms with E-state index in [9.17, 15) is 10.1 Å². The topological polar surface area (TPSA) is 72.8 Å². The first-order chi connectivity index (χ1) is 13.3. The predicted molar refractivity (Wildman–Crippen MR) is 115 cm³/mol. The van der Waals surface area contributed by atoms with Gasteiger partial charge in [0.1, 0.15) is 0 Å².